The number of esters is 1. The summed E-state index contributed by atoms with van der Waals surface area (Å²) in [7, 11) is 0. The molecule has 0 amide bonds. The summed E-state index contributed by atoms with van der Waals surface area (Å²) in [5, 5.41) is 0. The maximum Gasteiger partial charge on any atom is 0.306 e. The van der Waals surface area contributed by atoms with Gasteiger partial charge in [0.1, 0.15) is 6.10 Å². The van der Waals surface area contributed by atoms with E-state index < -0.39 is 0 Å². The predicted molar refractivity (Wildman–Crippen MR) is 198 cm³/mol. The first kappa shape index (κ1) is 43.5. The highest BCUT2D eigenvalue weighted by molar-refractivity contribution is 5.69. The molecule has 264 valence electrons. The number of carbonyl (C=O) groups is 1. The molecule has 1 unspecified atom stereocenters. The summed E-state index contributed by atoms with van der Waals surface area (Å²) in [5.41, 5.74) is 0. The van der Waals surface area contributed by atoms with Gasteiger partial charge in [-0.15, -0.1) is 0 Å². The molecular formula is C42H84O2. The molecule has 0 aliphatic rings. The van der Waals surface area contributed by atoms with Crippen LogP contribution in [0.2, 0.25) is 0 Å². The molecule has 2 nitrogen and oxygen atoms in total. The van der Waals surface area contributed by atoms with Crippen LogP contribution in [0.4, 0.5) is 0 Å². The molecule has 0 aliphatic heterocycles. The van der Waals surface area contributed by atoms with E-state index in [1.807, 2.05) is 0 Å². The van der Waals surface area contributed by atoms with Crippen molar-refractivity contribution < 1.29 is 9.53 Å². The largest absolute Gasteiger partial charge is 0.462 e. The Morgan fingerprint density at radius 1 is 0.341 bits per heavy atom. The molecule has 0 radical (unpaired) electrons. The summed E-state index contributed by atoms with van der Waals surface area (Å²) in [6, 6.07) is 0. The zero-order chi connectivity index (χ0) is 32.0. The van der Waals surface area contributed by atoms with Crippen molar-refractivity contribution in [1.82, 2.24) is 0 Å². The van der Waals surface area contributed by atoms with Crippen molar-refractivity contribution in [3.05, 3.63) is 0 Å². The molecule has 0 heterocycles. The monoisotopic (exact) mass is 621 g/mol. The van der Waals surface area contributed by atoms with Crippen LogP contribution in [0.25, 0.3) is 0 Å². The van der Waals surface area contributed by atoms with Gasteiger partial charge in [0.05, 0.1) is 0 Å². The summed E-state index contributed by atoms with van der Waals surface area (Å²) in [6.07, 6.45) is 49.5. The Morgan fingerprint density at radius 2 is 0.568 bits per heavy atom. The Labute approximate surface area is 279 Å². The van der Waals surface area contributed by atoms with E-state index in [4.69, 9.17) is 4.74 Å². The van der Waals surface area contributed by atoms with Gasteiger partial charge in [0.25, 0.3) is 0 Å². The Bertz CT molecular complexity index is 530. The fraction of sp³-hybridized carbons (Fsp3) is 0.976. The third-order valence-corrected chi connectivity index (χ3v) is 9.79. The van der Waals surface area contributed by atoms with E-state index in [1.54, 1.807) is 0 Å². The summed E-state index contributed by atoms with van der Waals surface area (Å²) >= 11 is 0. The normalized spacial score (nSPS) is 12.2. The lowest BCUT2D eigenvalue weighted by Gasteiger charge is -2.18. The molecule has 44 heavy (non-hydrogen) atoms. The van der Waals surface area contributed by atoms with E-state index in [9.17, 15) is 4.79 Å². The molecule has 0 bridgehead atoms. The molecular weight excluding hydrogens is 536 g/mol. The lowest BCUT2D eigenvalue weighted by atomic mass is 10.0. The van der Waals surface area contributed by atoms with E-state index in [1.165, 1.54) is 212 Å². The lowest BCUT2D eigenvalue weighted by Crippen LogP contribution is -2.18. The minimum Gasteiger partial charge on any atom is -0.462 e. The zero-order valence-electron chi connectivity index (χ0n) is 31.1. The van der Waals surface area contributed by atoms with Gasteiger partial charge < -0.3 is 4.74 Å². The summed E-state index contributed by atoms with van der Waals surface area (Å²) in [4.78, 5) is 12.6. The molecule has 0 rings (SSSR count). The zero-order valence-corrected chi connectivity index (χ0v) is 31.1. The third-order valence-electron chi connectivity index (χ3n) is 9.79. The van der Waals surface area contributed by atoms with Crippen LogP contribution in [0.15, 0.2) is 0 Å². The number of hydrogen-bond donors (Lipinski definition) is 0. The van der Waals surface area contributed by atoms with Gasteiger partial charge in [-0.25, -0.2) is 0 Å². The quantitative estimate of drug-likeness (QED) is 0.0507. The van der Waals surface area contributed by atoms with E-state index in [-0.39, 0.29) is 12.1 Å². The van der Waals surface area contributed by atoms with Gasteiger partial charge in [-0.2, -0.15) is 0 Å². The van der Waals surface area contributed by atoms with Crippen LogP contribution in [0, 0.1) is 0 Å². The summed E-state index contributed by atoms with van der Waals surface area (Å²) < 4.78 is 6.05. The fourth-order valence-electron chi connectivity index (χ4n) is 6.69. The van der Waals surface area contributed by atoms with Crippen LogP contribution in [0.5, 0.6) is 0 Å². The maximum atomic E-state index is 12.6. The second kappa shape index (κ2) is 38.7. The van der Waals surface area contributed by atoms with Crippen LogP contribution in [-0.2, 0) is 9.53 Å². The van der Waals surface area contributed by atoms with E-state index in [0.717, 1.165) is 19.3 Å². The Morgan fingerprint density at radius 3 is 0.841 bits per heavy atom. The molecule has 0 aromatic carbocycles. The Balaban J connectivity index is 3.92. The van der Waals surface area contributed by atoms with Crippen LogP contribution >= 0.6 is 0 Å². The second-order valence-electron chi connectivity index (χ2n) is 14.4. The smallest absolute Gasteiger partial charge is 0.306 e. The molecule has 0 fully saturated rings. The number of ether oxygens (including phenoxy) is 1. The topological polar surface area (TPSA) is 26.3 Å². The standard InChI is InChI=1S/C42H84O2/c1-4-7-10-13-15-17-19-21-23-25-27-29-31-34-36-39-41(44-42(43)40-37-32-12-9-6-3)38-35-33-30-28-26-24-22-20-18-16-14-11-8-5-2/h41H,4-40H2,1-3H3. The SMILES string of the molecule is CCCCCCCCCCCCCCCCCC(CCCCCCCCCCCCCCCC)OC(=O)CCCCCCC. The fourth-order valence-corrected chi connectivity index (χ4v) is 6.69. The summed E-state index contributed by atoms with van der Waals surface area (Å²) in [6.45, 7) is 6.84. The molecule has 0 saturated carbocycles. The van der Waals surface area contributed by atoms with E-state index >= 15 is 0 Å². The lowest BCUT2D eigenvalue weighted by molar-refractivity contribution is -0.150. The van der Waals surface area contributed by atoms with Gasteiger partial charge in [0.2, 0.25) is 0 Å². The highest BCUT2D eigenvalue weighted by Gasteiger charge is 2.14. The predicted octanol–water partition coefficient (Wildman–Crippen LogP) is 15.4. The highest BCUT2D eigenvalue weighted by atomic mass is 16.5. The summed E-state index contributed by atoms with van der Waals surface area (Å²) in [5.74, 6) is 0.0674. The Hall–Kier alpha value is -0.530. The maximum absolute atomic E-state index is 12.6. The van der Waals surface area contributed by atoms with Gasteiger partial charge in [0.15, 0.2) is 0 Å². The second-order valence-corrected chi connectivity index (χ2v) is 14.4. The van der Waals surface area contributed by atoms with Crippen molar-refractivity contribution in [1.29, 1.82) is 0 Å². The van der Waals surface area contributed by atoms with Crippen LogP contribution in [0.1, 0.15) is 258 Å². The first-order chi connectivity index (χ1) is 21.7. The number of unbranched alkanes of at least 4 members (excludes halogenated alkanes) is 31. The first-order valence-electron chi connectivity index (χ1n) is 20.9. The van der Waals surface area contributed by atoms with Crippen molar-refractivity contribution in [3.8, 4) is 0 Å². The molecule has 1 atom stereocenters. The minimum atomic E-state index is 0.0674. The van der Waals surface area contributed by atoms with Crippen molar-refractivity contribution in [3.63, 3.8) is 0 Å². The van der Waals surface area contributed by atoms with Crippen molar-refractivity contribution in [2.45, 2.75) is 264 Å². The number of carbonyl (C=O) groups excluding carboxylic acids is 1. The minimum absolute atomic E-state index is 0.0674. The highest BCUT2D eigenvalue weighted by Crippen LogP contribution is 2.19. The molecule has 0 aromatic heterocycles. The average molecular weight is 621 g/mol. The average Bonchev–Trinajstić information content (AvgIpc) is 3.02. The molecule has 0 spiro atoms. The van der Waals surface area contributed by atoms with Gasteiger partial charge >= 0.3 is 5.97 Å². The number of rotatable bonds is 38. The molecule has 0 N–H and O–H groups in total. The number of hydrogen-bond acceptors (Lipinski definition) is 2. The van der Waals surface area contributed by atoms with Crippen LogP contribution < -0.4 is 0 Å². The van der Waals surface area contributed by atoms with Crippen molar-refractivity contribution in [2.75, 3.05) is 0 Å². The first-order valence-corrected chi connectivity index (χ1v) is 20.9. The van der Waals surface area contributed by atoms with Gasteiger partial charge in [-0.3, -0.25) is 4.79 Å². The molecule has 0 aromatic rings. The van der Waals surface area contributed by atoms with Crippen LogP contribution in [-0.4, -0.2) is 12.1 Å². The van der Waals surface area contributed by atoms with E-state index in [2.05, 4.69) is 20.8 Å². The van der Waals surface area contributed by atoms with Crippen LogP contribution in [0.3, 0.4) is 0 Å². The molecule has 0 aliphatic carbocycles. The van der Waals surface area contributed by atoms with Crippen molar-refractivity contribution >= 4 is 5.97 Å². The third kappa shape index (κ3) is 35.9. The van der Waals surface area contributed by atoms with Gasteiger partial charge in [-0.05, 0) is 32.1 Å². The molecule has 0 saturated heterocycles. The van der Waals surface area contributed by atoms with Gasteiger partial charge in [0, 0.05) is 6.42 Å². The van der Waals surface area contributed by atoms with Gasteiger partial charge in [-0.1, -0.05) is 220 Å². The molecule has 2 heteroatoms. The van der Waals surface area contributed by atoms with E-state index in [0.29, 0.717) is 6.42 Å². The Kier molecular flexibility index (Phi) is 38.2. The van der Waals surface area contributed by atoms with Crippen molar-refractivity contribution in [2.24, 2.45) is 0 Å².